The summed E-state index contributed by atoms with van der Waals surface area (Å²) in [6.45, 7) is 1.88. The van der Waals surface area contributed by atoms with E-state index < -0.39 is 6.10 Å². The van der Waals surface area contributed by atoms with Crippen LogP contribution in [0.3, 0.4) is 0 Å². The number of ether oxygens (including phenoxy) is 1. The average Bonchev–Trinajstić information content (AvgIpc) is 2.17. The zero-order valence-electron chi connectivity index (χ0n) is 7.62. The molecule has 4 heteroatoms. The monoisotopic (exact) mass is 201 g/mol. The molecule has 0 saturated carbocycles. The molecule has 13 heavy (non-hydrogen) atoms. The Bertz CT molecular complexity index is 291. The molecule has 1 aromatic rings. The largest absolute Gasteiger partial charge is 0.480 e. The molecule has 1 N–H and O–H groups in total. The van der Waals surface area contributed by atoms with Crippen LogP contribution in [0.15, 0.2) is 12.3 Å². The summed E-state index contributed by atoms with van der Waals surface area (Å²) >= 11 is 5.94. The first-order valence-corrected chi connectivity index (χ1v) is 4.45. The standard InChI is InChI=1S/C9H12ClNO2/c1-3-7(12)6-4-5-11-9(13-2)8(6)10/h4-5,7,12H,3H2,1-2H3. The van der Waals surface area contributed by atoms with Crippen LogP contribution in [-0.2, 0) is 0 Å². The van der Waals surface area contributed by atoms with E-state index in [1.165, 1.54) is 7.11 Å². The molecule has 0 aliphatic heterocycles. The van der Waals surface area contributed by atoms with Crippen LogP contribution in [0.2, 0.25) is 5.02 Å². The smallest absolute Gasteiger partial charge is 0.232 e. The van der Waals surface area contributed by atoms with Crippen LogP contribution < -0.4 is 4.74 Å². The maximum atomic E-state index is 9.56. The van der Waals surface area contributed by atoms with Crippen molar-refractivity contribution in [2.45, 2.75) is 19.4 Å². The fraction of sp³-hybridized carbons (Fsp3) is 0.444. The van der Waals surface area contributed by atoms with Crippen LogP contribution in [0.25, 0.3) is 0 Å². The lowest BCUT2D eigenvalue weighted by Crippen LogP contribution is -1.99. The second-order valence-corrected chi connectivity index (χ2v) is 3.03. The maximum absolute atomic E-state index is 9.56. The highest BCUT2D eigenvalue weighted by molar-refractivity contribution is 6.32. The Kier molecular flexibility index (Phi) is 3.51. The number of halogens is 1. The third kappa shape index (κ3) is 2.11. The van der Waals surface area contributed by atoms with Crippen molar-refractivity contribution in [3.63, 3.8) is 0 Å². The third-order valence-corrected chi connectivity index (χ3v) is 2.21. The summed E-state index contributed by atoms with van der Waals surface area (Å²) in [5.41, 5.74) is 0.663. The molecule has 0 fully saturated rings. The van der Waals surface area contributed by atoms with E-state index >= 15 is 0 Å². The number of pyridine rings is 1. The van der Waals surface area contributed by atoms with E-state index in [1.54, 1.807) is 12.3 Å². The number of hydrogen-bond acceptors (Lipinski definition) is 3. The summed E-state index contributed by atoms with van der Waals surface area (Å²) in [4.78, 5) is 3.91. The fourth-order valence-corrected chi connectivity index (χ4v) is 1.37. The minimum Gasteiger partial charge on any atom is -0.480 e. The van der Waals surface area contributed by atoms with Gasteiger partial charge in [-0.15, -0.1) is 0 Å². The van der Waals surface area contributed by atoms with Crippen LogP contribution in [0, 0.1) is 0 Å². The van der Waals surface area contributed by atoms with Crippen molar-refractivity contribution in [1.82, 2.24) is 4.98 Å². The lowest BCUT2D eigenvalue weighted by atomic mass is 10.1. The van der Waals surface area contributed by atoms with Gasteiger partial charge < -0.3 is 9.84 Å². The average molecular weight is 202 g/mol. The zero-order valence-corrected chi connectivity index (χ0v) is 8.38. The van der Waals surface area contributed by atoms with Crippen molar-refractivity contribution in [2.75, 3.05) is 7.11 Å². The summed E-state index contributed by atoms with van der Waals surface area (Å²) in [6.07, 6.45) is 1.63. The van der Waals surface area contributed by atoms with Crippen molar-refractivity contribution in [1.29, 1.82) is 0 Å². The first-order valence-electron chi connectivity index (χ1n) is 4.07. The van der Waals surface area contributed by atoms with E-state index in [4.69, 9.17) is 16.3 Å². The summed E-state index contributed by atoms with van der Waals surface area (Å²) < 4.78 is 4.93. The molecule has 3 nitrogen and oxygen atoms in total. The molecule has 1 heterocycles. The molecule has 0 bridgehead atoms. The molecule has 0 amide bonds. The Morgan fingerprint density at radius 3 is 2.92 bits per heavy atom. The molecular formula is C9H12ClNO2. The van der Waals surface area contributed by atoms with Gasteiger partial charge in [-0.3, -0.25) is 0 Å². The van der Waals surface area contributed by atoms with E-state index in [0.717, 1.165) is 0 Å². The summed E-state index contributed by atoms with van der Waals surface area (Å²) in [6, 6.07) is 1.69. The van der Waals surface area contributed by atoms with E-state index in [-0.39, 0.29) is 0 Å². The molecule has 72 valence electrons. The van der Waals surface area contributed by atoms with E-state index in [1.807, 2.05) is 6.92 Å². The van der Waals surface area contributed by atoms with Gasteiger partial charge in [-0.1, -0.05) is 18.5 Å². The molecule has 1 rings (SSSR count). The van der Waals surface area contributed by atoms with Crippen LogP contribution in [0.5, 0.6) is 5.88 Å². The van der Waals surface area contributed by atoms with Gasteiger partial charge in [0, 0.05) is 11.8 Å². The number of nitrogens with zero attached hydrogens (tertiary/aromatic N) is 1. The zero-order chi connectivity index (χ0) is 9.84. The minimum absolute atomic E-state index is 0.353. The van der Waals surface area contributed by atoms with Gasteiger partial charge in [0.1, 0.15) is 5.02 Å². The molecule has 1 atom stereocenters. The van der Waals surface area contributed by atoms with Gasteiger partial charge in [-0.25, -0.2) is 4.98 Å². The van der Waals surface area contributed by atoms with Crippen LogP contribution in [-0.4, -0.2) is 17.2 Å². The Balaban J connectivity index is 3.08. The molecule has 0 aromatic carbocycles. The van der Waals surface area contributed by atoms with Crippen LogP contribution in [0.4, 0.5) is 0 Å². The van der Waals surface area contributed by atoms with Gasteiger partial charge >= 0.3 is 0 Å². The highest BCUT2D eigenvalue weighted by Crippen LogP contribution is 2.30. The first kappa shape index (κ1) is 10.3. The lowest BCUT2D eigenvalue weighted by Gasteiger charge is -2.11. The molecule has 0 radical (unpaired) electrons. The number of methoxy groups -OCH3 is 1. The van der Waals surface area contributed by atoms with Gasteiger partial charge in [-0.05, 0) is 12.5 Å². The number of aliphatic hydroxyl groups excluding tert-OH is 1. The number of aromatic nitrogens is 1. The maximum Gasteiger partial charge on any atom is 0.232 e. The predicted octanol–water partition coefficient (Wildman–Crippen LogP) is 2.19. The third-order valence-electron chi connectivity index (χ3n) is 1.83. The Labute approximate surface area is 82.3 Å². The summed E-state index contributed by atoms with van der Waals surface area (Å²) in [5, 5.41) is 9.95. The highest BCUT2D eigenvalue weighted by Gasteiger charge is 2.13. The van der Waals surface area contributed by atoms with Crippen molar-refractivity contribution in [2.24, 2.45) is 0 Å². The Hall–Kier alpha value is -0.800. The molecule has 0 aliphatic rings. The van der Waals surface area contributed by atoms with E-state index in [0.29, 0.717) is 22.9 Å². The van der Waals surface area contributed by atoms with Crippen molar-refractivity contribution < 1.29 is 9.84 Å². The van der Waals surface area contributed by atoms with Gasteiger partial charge in [0.15, 0.2) is 0 Å². The topological polar surface area (TPSA) is 42.4 Å². The number of rotatable bonds is 3. The predicted molar refractivity (Wildman–Crippen MR) is 51.0 cm³/mol. The van der Waals surface area contributed by atoms with Gasteiger partial charge in [0.2, 0.25) is 5.88 Å². The van der Waals surface area contributed by atoms with Gasteiger partial charge in [0.25, 0.3) is 0 Å². The first-order chi connectivity index (χ1) is 6.20. The van der Waals surface area contributed by atoms with E-state index in [9.17, 15) is 5.11 Å². The molecule has 0 spiro atoms. The summed E-state index contributed by atoms with van der Waals surface area (Å²) in [5.74, 6) is 0.353. The highest BCUT2D eigenvalue weighted by atomic mass is 35.5. The second-order valence-electron chi connectivity index (χ2n) is 2.65. The van der Waals surface area contributed by atoms with Crippen molar-refractivity contribution in [3.8, 4) is 5.88 Å². The fourth-order valence-electron chi connectivity index (χ4n) is 1.06. The number of hydrogen-bond donors (Lipinski definition) is 1. The van der Waals surface area contributed by atoms with Crippen LogP contribution in [0.1, 0.15) is 25.0 Å². The Morgan fingerprint density at radius 2 is 2.38 bits per heavy atom. The number of aliphatic hydroxyl groups is 1. The molecule has 0 saturated heterocycles. The van der Waals surface area contributed by atoms with E-state index in [2.05, 4.69) is 4.98 Å². The summed E-state index contributed by atoms with van der Waals surface area (Å²) in [7, 11) is 1.50. The SMILES string of the molecule is CCC(O)c1ccnc(OC)c1Cl. The molecular weight excluding hydrogens is 190 g/mol. The molecule has 1 unspecified atom stereocenters. The lowest BCUT2D eigenvalue weighted by molar-refractivity contribution is 0.173. The quantitative estimate of drug-likeness (QED) is 0.815. The van der Waals surface area contributed by atoms with Gasteiger partial charge in [0.05, 0.1) is 13.2 Å². The molecule has 1 aromatic heterocycles. The molecule has 0 aliphatic carbocycles. The Morgan fingerprint density at radius 1 is 1.69 bits per heavy atom. The normalized spacial score (nSPS) is 12.6. The van der Waals surface area contributed by atoms with Crippen molar-refractivity contribution in [3.05, 3.63) is 22.8 Å². The van der Waals surface area contributed by atoms with Crippen molar-refractivity contribution >= 4 is 11.6 Å². The second kappa shape index (κ2) is 4.44. The van der Waals surface area contributed by atoms with Gasteiger partial charge in [-0.2, -0.15) is 0 Å². The van der Waals surface area contributed by atoms with Crippen LogP contribution >= 0.6 is 11.6 Å². The minimum atomic E-state index is -0.551.